The summed E-state index contributed by atoms with van der Waals surface area (Å²) < 4.78 is 9.22. The number of methoxy groups -OCH3 is 2. The fourth-order valence-corrected chi connectivity index (χ4v) is 1.72. The Bertz CT molecular complexity index is 414. The zero-order valence-corrected chi connectivity index (χ0v) is 10.5. The molecule has 0 bridgehead atoms. The van der Waals surface area contributed by atoms with Crippen molar-refractivity contribution in [1.29, 1.82) is 0 Å². The monoisotopic (exact) mass is 286 g/mol. The van der Waals surface area contributed by atoms with Crippen LogP contribution in [-0.2, 0) is 14.8 Å². The van der Waals surface area contributed by atoms with Crippen LogP contribution in [0.25, 0.3) is 0 Å². The predicted octanol–water partition coefficient (Wildman–Crippen LogP) is 2.15. The van der Waals surface area contributed by atoms with E-state index in [0.29, 0.717) is 22.0 Å². The molecule has 4 nitrogen and oxygen atoms in total. The zero-order valence-electron chi connectivity index (χ0n) is 8.95. The highest BCUT2D eigenvalue weighted by atomic mass is 79.9. The van der Waals surface area contributed by atoms with Gasteiger partial charge in [0.25, 0.3) is 0 Å². The predicted molar refractivity (Wildman–Crippen MR) is 61.8 cm³/mol. The normalized spacial score (nSPS) is 9.69. The summed E-state index contributed by atoms with van der Waals surface area (Å²) in [6.07, 6.45) is 0. The van der Waals surface area contributed by atoms with Crippen molar-refractivity contribution < 1.29 is 19.1 Å². The maximum absolute atomic E-state index is 11.4. The zero-order chi connectivity index (χ0) is 12.1. The van der Waals surface area contributed by atoms with Gasteiger partial charge in [-0.05, 0) is 23.8 Å². The summed E-state index contributed by atoms with van der Waals surface area (Å²) in [6.45, 7) is 0. The topological polar surface area (TPSA) is 52.6 Å². The number of esters is 2. The lowest BCUT2D eigenvalue weighted by Crippen LogP contribution is -2.08. The van der Waals surface area contributed by atoms with Crippen LogP contribution in [0.5, 0.6) is 0 Å². The van der Waals surface area contributed by atoms with Gasteiger partial charge in [0, 0.05) is 5.33 Å². The molecule has 0 amide bonds. The van der Waals surface area contributed by atoms with E-state index in [1.54, 1.807) is 12.1 Å². The number of ether oxygens (including phenoxy) is 2. The third-order valence-electron chi connectivity index (χ3n) is 2.08. The maximum Gasteiger partial charge on any atom is 0.338 e. The van der Waals surface area contributed by atoms with Gasteiger partial charge in [-0.25, -0.2) is 9.59 Å². The Balaban J connectivity index is 3.16. The average Bonchev–Trinajstić information content (AvgIpc) is 2.35. The molecule has 16 heavy (non-hydrogen) atoms. The number of carbonyl (C=O) groups is 2. The third-order valence-corrected chi connectivity index (χ3v) is 2.68. The Morgan fingerprint density at radius 1 is 1.19 bits per heavy atom. The molecule has 5 heteroatoms. The van der Waals surface area contributed by atoms with Gasteiger partial charge in [-0.15, -0.1) is 0 Å². The molecule has 0 aliphatic rings. The van der Waals surface area contributed by atoms with Crippen molar-refractivity contribution in [2.75, 3.05) is 14.2 Å². The second-order valence-corrected chi connectivity index (χ2v) is 3.55. The average molecular weight is 287 g/mol. The van der Waals surface area contributed by atoms with E-state index in [-0.39, 0.29) is 0 Å². The molecule has 0 radical (unpaired) electrons. The minimum Gasteiger partial charge on any atom is -0.465 e. The van der Waals surface area contributed by atoms with Crippen molar-refractivity contribution in [2.45, 2.75) is 5.33 Å². The van der Waals surface area contributed by atoms with Crippen LogP contribution in [0, 0.1) is 0 Å². The molecular formula is C11H11BrO4. The van der Waals surface area contributed by atoms with Crippen LogP contribution in [0.2, 0.25) is 0 Å². The van der Waals surface area contributed by atoms with E-state index < -0.39 is 11.9 Å². The van der Waals surface area contributed by atoms with Crippen LogP contribution in [0.15, 0.2) is 18.2 Å². The fraction of sp³-hybridized carbons (Fsp3) is 0.273. The number of benzene rings is 1. The summed E-state index contributed by atoms with van der Waals surface area (Å²) in [5.74, 6) is -0.857. The Labute approximate surface area is 102 Å². The first kappa shape index (κ1) is 12.7. The van der Waals surface area contributed by atoms with Gasteiger partial charge >= 0.3 is 11.9 Å². The molecule has 0 saturated heterocycles. The molecular weight excluding hydrogens is 276 g/mol. The molecule has 0 unspecified atom stereocenters. The van der Waals surface area contributed by atoms with Gasteiger partial charge in [0.2, 0.25) is 0 Å². The van der Waals surface area contributed by atoms with E-state index in [0.717, 1.165) is 0 Å². The fourth-order valence-electron chi connectivity index (χ4n) is 1.26. The van der Waals surface area contributed by atoms with Crippen LogP contribution in [0.4, 0.5) is 0 Å². The lowest BCUT2D eigenvalue weighted by molar-refractivity contribution is 0.0586. The molecule has 0 aliphatic heterocycles. The minimum absolute atomic E-state index is 0.407. The number of rotatable bonds is 3. The first-order valence-electron chi connectivity index (χ1n) is 4.49. The molecule has 1 aromatic carbocycles. The molecule has 0 spiro atoms. The van der Waals surface area contributed by atoms with Crippen LogP contribution in [0.1, 0.15) is 26.3 Å². The largest absolute Gasteiger partial charge is 0.465 e. The van der Waals surface area contributed by atoms with Crippen molar-refractivity contribution in [3.05, 3.63) is 34.9 Å². The number of hydrogen-bond acceptors (Lipinski definition) is 4. The van der Waals surface area contributed by atoms with E-state index in [9.17, 15) is 9.59 Å². The maximum atomic E-state index is 11.4. The highest BCUT2D eigenvalue weighted by Crippen LogP contribution is 2.17. The van der Waals surface area contributed by atoms with Crippen molar-refractivity contribution in [1.82, 2.24) is 0 Å². The number of halogens is 1. The molecule has 86 valence electrons. The standard InChI is InChI=1S/C11H11BrO4/c1-15-10(13)7-3-4-9(11(14)16-2)8(5-7)6-12/h3-5H,6H2,1-2H3. The van der Waals surface area contributed by atoms with Crippen molar-refractivity contribution in [3.63, 3.8) is 0 Å². The van der Waals surface area contributed by atoms with E-state index in [2.05, 4.69) is 25.4 Å². The first-order valence-corrected chi connectivity index (χ1v) is 5.61. The molecule has 0 heterocycles. The second-order valence-electron chi connectivity index (χ2n) is 2.99. The summed E-state index contributed by atoms with van der Waals surface area (Å²) in [4.78, 5) is 22.7. The minimum atomic E-state index is -0.432. The van der Waals surface area contributed by atoms with Gasteiger partial charge in [-0.1, -0.05) is 15.9 Å². The van der Waals surface area contributed by atoms with E-state index >= 15 is 0 Å². The Hall–Kier alpha value is -1.36. The Kier molecular flexibility index (Phi) is 4.49. The highest BCUT2D eigenvalue weighted by molar-refractivity contribution is 9.08. The summed E-state index contributed by atoms with van der Waals surface area (Å²) in [5.41, 5.74) is 1.53. The lowest BCUT2D eigenvalue weighted by atomic mass is 10.1. The van der Waals surface area contributed by atoms with Crippen LogP contribution >= 0.6 is 15.9 Å². The summed E-state index contributed by atoms with van der Waals surface area (Å²) in [7, 11) is 2.62. The molecule has 0 aromatic heterocycles. The molecule has 0 saturated carbocycles. The molecule has 0 aliphatic carbocycles. The molecule has 1 aromatic rings. The SMILES string of the molecule is COC(=O)c1ccc(C(=O)OC)c(CBr)c1. The molecule has 1 rings (SSSR count). The molecule has 0 atom stereocenters. The van der Waals surface area contributed by atoms with Gasteiger partial charge in [0.1, 0.15) is 0 Å². The van der Waals surface area contributed by atoms with Crippen LogP contribution in [-0.4, -0.2) is 26.2 Å². The van der Waals surface area contributed by atoms with Crippen molar-refractivity contribution in [3.8, 4) is 0 Å². The summed E-state index contributed by atoms with van der Waals surface area (Å²) in [5, 5.41) is 0.461. The summed E-state index contributed by atoms with van der Waals surface area (Å²) >= 11 is 3.25. The van der Waals surface area contributed by atoms with Crippen molar-refractivity contribution in [2.24, 2.45) is 0 Å². The molecule has 0 fully saturated rings. The highest BCUT2D eigenvalue weighted by Gasteiger charge is 2.14. The van der Waals surface area contributed by atoms with Gasteiger partial charge in [-0.2, -0.15) is 0 Å². The van der Waals surface area contributed by atoms with Crippen molar-refractivity contribution >= 4 is 27.9 Å². The number of hydrogen-bond donors (Lipinski definition) is 0. The van der Waals surface area contributed by atoms with E-state index in [1.165, 1.54) is 20.3 Å². The quantitative estimate of drug-likeness (QED) is 0.631. The smallest absolute Gasteiger partial charge is 0.338 e. The van der Waals surface area contributed by atoms with Gasteiger partial charge < -0.3 is 9.47 Å². The molecule has 0 N–H and O–H groups in total. The summed E-state index contributed by atoms with van der Waals surface area (Å²) in [6, 6.07) is 4.69. The number of carbonyl (C=O) groups excluding carboxylic acids is 2. The van der Waals surface area contributed by atoms with Crippen LogP contribution in [0.3, 0.4) is 0 Å². The third kappa shape index (κ3) is 2.61. The second kappa shape index (κ2) is 5.65. The first-order chi connectivity index (χ1) is 7.63. The van der Waals surface area contributed by atoms with E-state index in [1.807, 2.05) is 0 Å². The Morgan fingerprint density at radius 2 is 1.81 bits per heavy atom. The van der Waals surface area contributed by atoms with E-state index in [4.69, 9.17) is 0 Å². The van der Waals surface area contributed by atoms with Gasteiger partial charge in [-0.3, -0.25) is 0 Å². The lowest BCUT2D eigenvalue weighted by Gasteiger charge is -2.07. The van der Waals surface area contributed by atoms with Crippen LogP contribution < -0.4 is 0 Å². The van der Waals surface area contributed by atoms with Gasteiger partial charge in [0.15, 0.2) is 0 Å². The number of alkyl halides is 1. The Morgan fingerprint density at radius 3 is 2.31 bits per heavy atom. The van der Waals surface area contributed by atoms with Gasteiger partial charge in [0.05, 0.1) is 25.3 Å².